The third-order valence-electron chi connectivity index (χ3n) is 4.49. The van der Waals surface area contributed by atoms with Crippen LogP contribution in [0.4, 0.5) is 8.78 Å². The van der Waals surface area contributed by atoms with Crippen molar-refractivity contribution in [2.75, 3.05) is 7.11 Å². The van der Waals surface area contributed by atoms with Crippen LogP contribution in [-0.2, 0) is 9.53 Å². The summed E-state index contributed by atoms with van der Waals surface area (Å²) in [4.78, 5) is 11.1. The number of aliphatic hydroxyl groups is 1. The highest BCUT2D eigenvalue weighted by Gasteiger charge is 2.52. The van der Waals surface area contributed by atoms with Crippen LogP contribution >= 0.6 is 0 Å². The Morgan fingerprint density at radius 3 is 2.17 bits per heavy atom. The Morgan fingerprint density at radius 2 is 1.78 bits per heavy atom. The van der Waals surface area contributed by atoms with Gasteiger partial charge in [-0.05, 0) is 25.2 Å². The smallest absolute Gasteiger partial charge is 0.300 e. The van der Waals surface area contributed by atoms with Crippen molar-refractivity contribution in [2.24, 2.45) is 5.92 Å². The molecule has 3 nitrogen and oxygen atoms in total. The lowest BCUT2D eigenvalue weighted by atomic mass is 9.92. The van der Waals surface area contributed by atoms with E-state index in [9.17, 15) is 18.7 Å². The van der Waals surface area contributed by atoms with Crippen molar-refractivity contribution >= 4 is 5.78 Å². The number of unbranched alkanes of at least 4 members (excludes halogenated alkanes) is 2. The van der Waals surface area contributed by atoms with Gasteiger partial charge in [0.05, 0.1) is 0 Å². The highest BCUT2D eigenvalue weighted by molar-refractivity contribution is 5.80. The molecule has 1 saturated carbocycles. The Balaban J connectivity index is 0.00000108. The molecule has 138 valence electrons. The second kappa shape index (κ2) is 11.1. The molecule has 1 aliphatic rings. The van der Waals surface area contributed by atoms with E-state index in [2.05, 4.69) is 13.8 Å². The molecule has 0 aromatic rings. The van der Waals surface area contributed by atoms with Crippen LogP contribution in [0.2, 0.25) is 0 Å². The van der Waals surface area contributed by atoms with Gasteiger partial charge in [0, 0.05) is 32.8 Å². The van der Waals surface area contributed by atoms with Gasteiger partial charge < -0.3 is 9.84 Å². The number of alkyl halides is 2. The zero-order valence-corrected chi connectivity index (χ0v) is 15.2. The zero-order chi connectivity index (χ0) is 17.9. The van der Waals surface area contributed by atoms with Crippen LogP contribution in [-0.4, -0.2) is 29.7 Å². The molecule has 1 rings (SSSR count). The standard InChI is InChI=1S/C14H24F2O3.C4H10/c1-3-4-8-13(15,16)14(18,19-2)9-7-11-5-6-12(17)10-11;1-3-4-2/h11,18H,3-10H2,1-2H3;3-4H2,1-2H3. The lowest BCUT2D eigenvalue weighted by Crippen LogP contribution is -2.50. The van der Waals surface area contributed by atoms with Gasteiger partial charge in [0.25, 0.3) is 0 Å². The summed E-state index contributed by atoms with van der Waals surface area (Å²) in [5, 5.41) is 10.0. The molecular formula is C18H34F2O3. The number of Topliss-reactive ketones (excluding diaryl/α,β-unsaturated/α-hetero) is 1. The number of ketones is 1. The van der Waals surface area contributed by atoms with E-state index in [1.54, 1.807) is 0 Å². The first-order valence-corrected chi connectivity index (χ1v) is 8.93. The molecule has 0 aliphatic heterocycles. The molecule has 0 aromatic heterocycles. The number of ether oxygens (including phenoxy) is 1. The van der Waals surface area contributed by atoms with E-state index < -0.39 is 11.7 Å². The van der Waals surface area contributed by atoms with Gasteiger partial charge in [-0.1, -0.05) is 40.0 Å². The van der Waals surface area contributed by atoms with E-state index in [0.717, 1.165) is 13.5 Å². The maximum absolute atomic E-state index is 14.0. The third-order valence-corrected chi connectivity index (χ3v) is 4.49. The Morgan fingerprint density at radius 1 is 1.17 bits per heavy atom. The molecule has 0 bridgehead atoms. The summed E-state index contributed by atoms with van der Waals surface area (Å²) in [6.07, 6.45) is 5.24. The number of hydrogen-bond acceptors (Lipinski definition) is 3. The lowest BCUT2D eigenvalue weighted by molar-refractivity contribution is -0.314. The van der Waals surface area contributed by atoms with Crippen molar-refractivity contribution in [1.82, 2.24) is 0 Å². The summed E-state index contributed by atoms with van der Waals surface area (Å²) in [5.74, 6) is -5.37. The first-order valence-electron chi connectivity index (χ1n) is 8.93. The van der Waals surface area contributed by atoms with Crippen molar-refractivity contribution in [2.45, 2.75) is 96.7 Å². The van der Waals surface area contributed by atoms with Crippen molar-refractivity contribution in [3.63, 3.8) is 0 Å². The van der Waals surface area contributed by atoms with Gasteiger partial charge >= 0.3 is 5.92 Å². The predicted octanol–water partition coefficient (Wildman–Crippen LogP) is 5.10. The third kappa shape index (κ3) is 7.71. The van der Waals surface area contributed by atoms with E-state index in [1.165, 1.54) is 12.8 Å². The van der Waals surface area contributed by atoms with Crippen LogP contribution in [0.5, 0.6) is 0 Å². The SMILES string of the molecule is CCCC.CCCCC(F)(F)C(O)(CCC1CCC(=O)C1)OC. The van der Waals surface area contributed by atoms with Gasteiger partial charge in [-0.25, -0.2) is 8.78 Å². The van der Waals surface area contributed by atoms with E-state index in [1.807, 2.05) is 6.92 Å². The van der Waals surface area contributed by atoms with Crippen molar-refractivity contribution in [3.8, 4) is 0 Å². The number of carbonyl (C=O) groups excluding carboxylic acids is 1. The summed E-state index contributed by atoms with van der Waals surface area (Å²) in [5.41, 5.74) is 0. The maximum Gasteiger partial charge on any atom is 0.300 e. The van der Waals surface area contributed by atoms with E-state index >= 15 is 0 Å². The Bertz CT molecular complexity index is 332. The van der Waals surface area contributed by atoms with Crippen molar-refractivity contribution in [3.05, 3.63) is 0 Å². The normalized spacial score (nSPS) is 20.8. The van der Waals surface area contributed by atoms with Gasteiger partial charge in [0.1, 0.15) is 5.78 Å². The molecule has 0 aromatic carbocycles. The molecule has 1 fully saturated rings. The molecule has 0 heterocycles. The first kappa shape index (κ1) is 22.4. The van der Waals surface area contributed by atoms with Crippen LogP contribution in [0, 0.1) is 5.92 Å². The Labute approximate surface area is 139 Å². The number of hydrogen-bond donors (Lipinski definition) is 1. The summed E-state index contributed by atoms with van der Waals surface area (Å²) in [6, 6.07) is 0. The summed E-state index contributed by atoms with van der Waals surface area (Å²) in [6.45, 7) is 6.19. The zero-order valence-electron chi connectivity index (χ0n) is 15.2. The van der Waals surface area contributed by atoms with E-state index in [0.29, 0.717) is 32.1 Å². The Hall–Kier alpha value is -0.550. The second-order valence-electron chi connectivity index (χ2n) is 6.48. The molecule has 0 amide bonds. The molecular weight excluding hydrogens is 302 g/mol. The molecule has 23 heavy (non-hydrogen) atoms. The van der Waals surface area contributed by atoms with Crippen LogP contribution in [0.3, 0.4) is 0 Å². The average Bonchev–Trinajstić information content (AvgIpc) is 2.96. The highest BCUT2D eigenvalue weighted by atomic mass is 19.3. The summed E-state index contributed by atoms with van der Waals surface area (Å²) < 4.78 is 32.6. The van der Waals surface area contributed by atoms with Crippen LogP contribution in [0.15, 0.2) is 0 Å². The fraction of sp³-hybridized carbons (Fsp3) is 0.944. The largest absolute Gasteiger partial charge is 0.361 e. The van der Waals surface area contributed by atoms with E-state index in [4.69, 9.17) is 4.74 Å². The molecule has 1 aliphatic carbocycles. The highest BCUT2D eigenvalue weighted by Crippen LogP contribution is 2.39. The Kier molecular flexibility index (Phi) is 10.8. The number of rotatable bonds is 9. The van der Waals surface area contributed by atoms with Crippen molar-refractivity contribution < 1.29 is 23.4 Å². The quantitative estimate of drug-likeness (QED) is 0.596. The van der Waals surface area contributed by atoms with Crippen LogP contribution in [0.25, 0.3) is 0 Å². The van der Waals surface area contributed by atoms with Gasteiger partial charge in [0.15, 0.2) is 0 Å². The molecule has 0 saturated heterocycles. The summed E-state index contributed by atoms with van der Waals surface area (Å²) in [7, 11) is 1.11. The van der Waals surface area contributed by atoms with Gasteiger partial charge in [-0.3, -0.25) is 4.79 Å². The van der Waals surface area contributed by atoms with Crippen molar-refractivity contribution in [1.29, 1.82) is 0 Å². The molecule has 0 spiro atoms. The van der Waals surface area contributed by atoms with Crippen LogP contribution in [0.1, 0.15) is 85.0 Å². The van der Waals surface area contributed by atoms with Gasteiger partial charge in [0.2, 0.25) is 5.79 Å². The topological polar surface area (TPSA) is 46.5 Å². The minimum absolute atomic E-state index is 0.108. The first-order chi connectivity index (χ1) is 10.8. The molecule has 2 atom stereocenters. The second-order valence-corrected chi connectivity index (χ2v) is 6.48. The lowest BCUT2D eigenvalue weighted by Gasteiger charge is -2.35. The predicted molar refractivity (Wildman–Crippen MR) is 88.6 cm³/mol. The van der Waals surface area contributed by atoms with Crippen LogP contribution < -0.4 is 0 Å². The summed E-state index contributed by atoms with van der Waals surface area (Å²) >= 11 is 0. The molecule has 0 radical (unpaired) electrons. The molecule has 2 unspecified atom stereocenters. The molecule has 5 heteroatoms. The minimum atomic E-state index is -3.25. The number of carbonyl (C=O) groups is 1. The van der Waals surface area contributed by atoms with E-state index in [-0.39, 0.29) is 24.5 Å². The molecule has 1 N–H and O–H groups in total. The minimum Gasteiger partial charge on any atom is -0.361 e. The average molecular weight is 336 g/mol. The number of halogens is 2. The fourth-order valence-electron chi connectivity index (χ4n) is 2.57. The maximum atomic E-state index is 14.0. The fourth-order valence-corrected chi connectivity index (χ4v) is 2.57. The monoisotopic (exact) mass is 336 g/mol. The van der Waals surface area contributed by atoms with Gasteiger partial charge in [-0.2, -0.15) is 0 Å². The number of methoxy groups -OCH3 is 1. The van der Waals surface area contributed by atoms with Gasteiger partial charge in [-0.15, -0.1) is 0 Å².